The summed E-state index contributed by atoms with van der Waals surface area (Å²) >= 11 is 0. The highest BCUT2D eigenvalue weighted by Crippen LogP contribution is 2.20. The molecule has 2 aromatic rings. The van der Waals surface area contributed by atoms with Gasteiger partial charge in [0.15, 0.2) is 5.82 Å². The van der Waals surface area contributed by atoms with Crippen molar-refractivity contribution in [2.45, 2.75) is 19.9 Å². The second-order valence-corrected chi connectivity index (χ2v) is 7.44. The number of methoxy groups -OCH3 is 2. The van der Waals surface area contributed by atoms with Crippen LogP contribution >= 0.6 is 0 Å². The number of imidazole rings is 1. The number of aliphatic imine (C=N–C) groups is 1. The Kier molecular flexibility index (Phi) is 10.4. The van der Waals surface area contributed by atoms with Crippen LogP contribution in [0.5, 0.6) is 5.88 Å². The number of carbonyl (C=O) groups excluding carboxylic acids is 1. The van der Waals surface area contributed by atoms with E-state index < -0.39 is 0 Å². The molecular formula is C26H34N6O3. The lowest BCUT2D eigenvalue weighted by Crippen LogP contribution is -2.25. The van der Waals surface area contributed by atoms with Gasteiger partial charge in [0, 0.05) is 31.7 Å². The minimum Gasteiger partial charge on any atom is -0.481 e. The summed E-state index contributed by atoms with van der Waals surface area (Å²) in [5.41, 5.74) is 3.68. The van der Waals surface area contributed by atoms with Crippen LogP contribution in [0.2, 0.25) is 0 Å². The van der Waals surface area contributed by atoms with Crippen LogP contribution in [0.3, 0.4) is 0 Å². The zero-order valence-electron chi connectivity index (χ0n) is 21.0. The van der Waals surface area contributed by atoms with Crippen LogP contribution in [0.15, 0.2) is 78.4 Å². The first-order valence-corrected chi connectivity index (χ1v) is 11.0. The number of allylic oxidation sites excluding steroid dienone is 2. The maximum absolute atomic E-state index is 12.1. The molecule has 2 N–H and O–H groups in total. The third kappa shape index (κ3) is 7.36. The number of hydrogen-bond acceptors (Lipinski definition) is 7. The van der Waals surface area contributed by atoms with Crippen molar-refractivity contribution >= 4 is 23.7 Å². The summed E-state index contributed by atoms with van der Waals surface area (Å²) in [6.45, 7) is 9.93. The van der Waals surface area contributed by atoms with E-state index in [1.807, 2.05) is 44.3 Å². The van der Waals surface area contributed by atoms with Gasteiger partial charge in [-0.1, -0.05) is 38.3 Å². The zero-order chi connectivity index (χ0) is 25.8. The van der Waals surface area contributed by atoms with Crippen LogP contribution < -0.4 is 15.4 Å². The van der Waals surface area contributed by atoms with E-state index in [0.717, 1.165) is 24.1 Å². The number of hydrogen-bond donors (Lipinski definition) is 2. The zero-order valence-corrected chi connectivity index (χ0v) is 21.0. The SMILES string of the molecule is C=CC(=C)Nc1cccc(CN(C=O)/C=C(/N/C(=C/CC)C(=NC)OC)c2ncc(OC)n2C)c1. The highest BCUT2D eigenvalue weighted by Gasteiger charge is 2.17. The third-order valence-electron chi connectivity index (χ3n) is 4.97. The number of carbonyl (C=O) groups is 1. The number of aromatic nitrogens is 2. The molecule has 1 amide bonds. The molecule has 1 aromatic carbocycles. The molecule has 0 unspecified atom stereocenters. The predicted octanol–water partition coefficient (Wildman–Crippen LogP) is 4.06. The first-order chi connectivity index (χ1) is 16.9. The van der Waals surface area contributed by atoms with Crippen molar-refractivity contribution in [3.63, 3.8) is 0 Å². The van der Waals surface area contributed by atoms with Crippen molar-refractivity contribution in [1.29, 1.82) is 0 Å². The summed E-state index contributed by atoms with van der Waals surface area (Å²) in [4.78, 5) is 22.3. The molecule has 0 radical (unpaired) electrons. The van der Waals surface area contributed by atoms with Gasteiger partial charge >= 0.3 is 0 Å². The lowest BCUT2D eigenvalue weighted by atomic mass is 10.2. The standard InChI is InChI=1S/C26H34N6O3/c1-8-11-22(26(27-4)35-7)30-23(25-28-15-24(34-6)31(25)5)17-32(18-33)16-20-12-10-13-21(14-20)29-19(3)9-2/h9-15,17-18,29-30H,2-3,8,16H2,1,4-7H3/b22-11+,23-17+,27-26?. The van der Waals surface area contributed by atoms with Gasteiger partial charge in [0.05, 0.1) is 38.4 Å². The molecule has 35 heavy (non-hydrogen) atoms. The lowest BCUT2D eigenvalue weighted by molar-refractivity contribution is -0.116. The normalized spacial score (nSPS) is 12.1. The monoisotopic (exact) mass is 478 g/mol. The van der Waals surface area contributed by atoms with Crippen molar-refractivity contribution < 1.29 is 14.3 Å². The molecule has 0 fully saturated rings. The van der Waals surface area contributed by atoms with Gasteiger partial charge in [-0.2, -0.15) is 0 Å². The average molecular weight is 479 g/mol. The van der Waals surface area contributed by atoms with Crippen molar-refractivity contribution in [3.05, 3.63) is 84.8 Å². The Morgan fingerprint density at radius 2 is 2.11 bits per heavy atom. The summed E-state index contributed by atoms with van der Waals surface area (Å²) < 4.78 is 12.6. The Morgan fingerprint density at radius 1 is 1.34 bits per heavy atom. The van der Waals surface area contributed by atoms with Crippen LogP contribution in [0.1, 0.15) is 24.7 Å². The van der Waals surface area contributed by atoms with E-state index in [0.29, 0.717) is 41.2 Å². The van der Waals surface area contributed by atoms with Gasteiger partial charge in [0.1, 0.15) is 0 Å². The molecule has 0 bridgehead atoms. The molecule has 0 spiro atoms. The van der Waals surface area contributed by atoms with E-state index in [4.69, 9.17) is 9.47 Å². The molecule has 0 aliphatic rings. The smallest absolute Gasteiger partial charge is 0.232 e. The molecule has 9 nitrogen and oxygen atoms in total. The minimum absolute atomic E-state index is 0.331. The van der Waals surface area contributed by atoms with Gasteiger partial charge in [0.25, 0.3) is 0 Å². The van der Waals surface area contributed by atoms with Crippen molar-refractivity contribution in [1.82, 2.24) is 19.8 Å². The van der Waals surface area contributed by atoms with Crippen LogP contribution in [0.25, 0.3) is 5.70 Å². The van der Waals surface area contributed by atoms with E-state index >= 15 is 0 Å². The summed E-state index contributed by atoms with van der Waals surface area (Å²) in [5, 5.41) is 6.50. The van der Waals surface area contributed by atoms with E-state index in [1.54, 1.807) is 44.3 Å². The fourth-order valence-corrected chi connectivity index (χ4v) is 3.32. The predicted molar refractivity (Wildman–Crippen MR) is 141 cm³/mol. The fourth-order valence-electron chi connectivity index (χ4n) is 3.32. The van der Waals surface area contributed by atoms with Gasteiger partial charge in [0.2, 0.25) is 18.2 Å². The van der Waals surface area contributed by atoms with Gasteiger partial charge in [-0.3, -0.25) is 14.4 Å². The summed E-state index contributed by atoms with van der Waals surface area (Å²) in [5.74, 6) is 1.57. The molecule has 1 heterocycles. The average Bonchev–Trinajstić information content (AvgIpc) is 3.24. The lowest BCUT2D eigenvalue weighted by Gasteiger charge is -2.19. The summed E-state index contributed by atoms with van der Waals surface area (Å²) in [7, 11) is 6.61. The fraction of sp³-hybridized carbons (Fsp3) is 0.269. The van der Waals surface area contributed by atoms with E-state index in [-0.39, 0.29) is 0 Å². The number of nitrogens with zero attached hydrogens (tertiary/aromatic N) is 4. The van der Waals surface area contributed by atoms with Crippen molar-refractivity contribution in [2.75, 3.05) is 26.6 Å². The molecule has 0 aliphatic carbocycles. The maximum Gasteiger partial charge on any atom is 0.232 e. The molecule has 2 rings (SSSR count). The van der Waals surface area contributed by atoms with E-state index in [1.165, 1.54) is 4.90 Å². The van der Waals surface area contributed by atoms with Gasteiger partial charge < -0.3 is 25.0 Å². The molecule has 0 aliphatic heterocycles. The minimum atomic E-state index is 0.331. The Morgan fingerprint density at radius 3 is 2.69 bits per heavy atom. The Hall–Kier alpha value is -4.27. The number of nitrogens with one attached hydrogen (secondary N) is 2. The number of ether oxygens (including phenoxy) is 2. The largest absolute Gasteiger partial charge is 0.481 e. The molecule has 1 aromatic heterocycles. The summed E-state index contributed by atoms with van der Waals surface area (Å²) in [6, 6.07) is 7.72. The van der Waals surface area contributed by atoms with Crippen molar-refractivity contribution in [3.8, 4) is 5.88 Å². The second kappa shape index (κ2) is 13.4. The Balaban J connectivity index is 2.47. The highest BCUT2D eigenvalue weighted by molar-refractivity contribution is 5.94. The molecule has 9 heteroatoms. The molecule has 0 saturated heterocycles. The maximum atomic E-state index is 12.1. The number of anilines is 1. The third-order valence-corrected chi connectivity index (χ3v) is 4.97. The van der Waals surface area contributed by atoms with Crippen LogP contribution in [-0.2, 0) is 23.1 Å². The van der Waals surface area contributed by atoms with Gasteiger partial charge in [-0.15, -0.1) is 0 Å². The molecule has 0 atom stereocenters. The number of benzene rings is 1. The summed E-state index contributed by atoms with van der Waals surface area (Å²) in [6.07, 6.45) is 8.41. The van der Waals surface area contributed by atoms with Crippen LogP contribution in [0.4, 0.5) is 5.69 Å². The van der Waals surface area contributed by atoms with E-state index in [9.17, 15) is 4.79 Å². The number of amides is 1. The topological polar surface area (TPSA) is 93.0 Å². The highest BCUT2D eigenvalue weighted by atomic mass is 16.5. The van der Waals surface area contributed by atoms with Crippen LogP contribution in [0, 0.1) is 0 Å². The van der Waals surface area contributed by atoms with Gasteiger partial charge in [-0.05, 0) is 30.2 Å². The quantitative estimate of drug-likeness (QED) is 0.195. The van der Waals surface area contributed by atoms with E-state index in [2.05, 4.69) is 33.8 Å². The molecule has 186 valence electrons. The Labute approximate surface area is 207 Å². The first kappa shape index (κ1) is 27.0. The molecule has 0 saturated carbocycles. The van der Waals surface area contributed by atoms with Crippen LogP contribution in [-0.4, -0.2) is 48.0 Å². The van der Waals surface area contributed by atoms with Crippen molar-refractivity contribution in [2.24, 2.45) is 12.0 Å². The first-order valence-electron chi connectivity index (χ1n) is 11.0. The Bertz CT molecular complexity index is 1130. The second-order valence-electron chi connectivity index (χ2n) is 7.44. The van der Waals surface area contributed by atoms with Gasteiger partial charge in [-0.25, -0.2) is 4.98 Å². The molecular weight excluding hydrogens is 444 g/mol. The number of rotatable bonds is 13.